The van der Waals surface area contributed by atoms with Crippen LogP contribution in [0.4, 0.5) is 0 Å². The normalized spacial score (nSPS) is 24.6. The van der Waals surface area contributed by atoms with Crippen LogP contribution in [0.3, 0.4) is 0 Å². The number of carbonyl (C=O) groups excluding carboxylic acids is 1. The summed E-state index contributed by atoms with van der Waals surface area (Å²) in [6, 6.07) is 3.51. The number of carboxylic acid groups (broad SMARTS) is 1. The van der Waals surface area contributed by atoms with E-state index in [4.69, 9.17) is 0 Å². The summed E-state index contributed by atoms with van der Waals surface area (Å²) < 4.78 is 0. The van der Waals surface area contributed by atoms with Gasteiger partial charge in [0.2, 0.25) is 5.91 Å². The van der Waals surface area contributed by atoms with Crippen LogP contribution in [0.1, 0.15) is 31.2 Å². The summed E-state index contributed by atoms with van der Waals surface area (Å²) in [5.74, 6) is -1.57. The van der Waals surface area contributed by atoms with E-state index in [0.717, 1.165) is 4.88 Å². The number of carboxylic acids is 1. The van der Waals surface area contributed by atoms with E-state index in [9.17, 15) is 14.7 Å². The lowest BCUT2D eigenvalue weighted by molar-refractivity contribution is -0.142. The predicted octanol–water partition coefficient (Wildman–Crippen LogP) is 2.13. The van der Waals surface area contributed by atoms with Crippen molar-refractivity contribution in [2.45, 2.75) is 32.4 Å². The Balaban J connectivity index is 2.39. The van der Waals surface area contributed by atoms with Crippen molar-refractivity contribution in [2.75, 3.05) is 0 Å². The fourth-order valence-electron chi connectivity index (χ4n) is 2.38. The zero-order valence-electron chi connectivity index (χ0n) is 9.79. The number of hydrogen-bond donors (Lipinski definition) is 1. The Kier molecular flexibility index (Phi) is 3.19. The van der Waals surface area contributed by atoms with Gasteiger partial charge in [0.1, 0.15) is 0 Å². The minimum atomic E-state index is -0.889. The molecular formula is C12H15NO3S. The molecule has 17 heavy (non-hydrogen) atoms. The summed E-state index contributed by atoms with van der Waals surface area (Å²) in [6.07, 6.45) is 0.107. The van der Waals surface area contributed by atoms with Gasteiger partial charge < -0.3 is 10.0 Å². The number of amides is 1. The number of rotatable bonds is 3. The highest BCUT2D eigenvalue weighted by Crippen LogP contribution is 2.41. The molecule has 2 unspecified atom stereocenters. The second-order valence-electron chi connectivity index (χ2n) is 4.50. The molecule has 1 amide bonds. The van der Waals surface area contributed by atoms with E-state index < -0.39 is 11.9 Å². The van der Waals surface area contributed by atoms with Crippen LogP contribution in [0.15, 0.2) is 17.5 Å². The molecule has 1 aliphatic rings. The third-order valence-electron chi connectivity index (χ3n) is 3.07. The van der Waals surface area contributed by atoms with Crippen molar-refractivity contribution >= 4 is 23.2 Å². The van der Waals surface area contributed by atoms with E-state index in [-0.39, 0.29) is 24.4 Å². The van der Waals surface area contributed by atoms with E-state index >= 15 is 0 Å². The van der Waals surface area contributed by atoms with Crippen LogP contribution < -0.4 is 0 Å². The van der Waals surface area contributed by atoms with E-state index in [1.807, 2.05) is 31.4 Å². The summed E-state index contributed by atoms with van der Waals surface area (Å²) in [4.78, 5) is 25.8. The maximum absolute atomic E-state index is 11.9. The minimum Gasteiger partial charge on any atom is -0.481 e. The van der Waals surface area contributed by atoms with Crippen molar-refractivity contribution in [3.63, 3.8) is 0 Å². The Morgan fingerprint density at radius 3 is 2.76 bits per heavy atom. The van der Waals surface area contributed by atoms with Crippen LogP contribution in [-0.4, -0.2) is 27.9 Å². The molecule has 2 heterocycles. The Morgan fingerprint density at radius 2 is 2.29 bits per heavy atom. The van der Waals surface area contributed by atoms with Gasteiger partial charge in [0.05, 0.1) is 12.0 Å². The number of hydrogen-bond acceptors (Lipinski definition) is 3. The standard InChI is InChI=1S/C12H15NO3S/c1-7(2)13-10(14)6-8(12(15)16)11(13)9-4-3-5-17-9/h3-5,7-8,11H,6H2,1-2H3,(H,15,16). The van der Waals surface area contributed by atoms with Crippen molar-refractivity contribution in [2.24, 2.45) is 5.92 Å². The molecule has 2 rings (SSSR count). The van der Waals surface area contributed by atoms with Crippen LogP contribution in [0, 0.1) is 5.92 Å². The summed E-state index contributed by atoms with van der Waals surface area (Å²) in [6.45, 7) is 3.84. The first-order valence-electron chi connectivity index (χ1n) is 5.59. The van der Waals surface area contributed by atoms with Crippen LogP contribution in [0.25, 0.3) is 0 Å². The van der Waals surface area contributed by atoms with Gasteiger partial charge in [0.25, 0.3) is 0 Å². The highest BCUT2D eigenvalue weighted by Gasteiger charge is 2.45. The lowest BCUT2D eigenvalue weighted by Gasteiger charge is -2.29. The molecule has 2 atom stereocenters. The molecule has 5 heteroatoms. The molecule has 1 N–H and O–H groups in total. The Labute approximate surface area is 104 Å². The number of nitrogens with zero attached hydrogens (tertiary/aromatic N) is 1. The second-order valence-corrected chi connectivity index (χ2v) is 5.48. The summed E-state index contributed by atoms with van der Waals surface area (Å²) >= 11 is 1.51. The van der Waals surface area contributed by atoms with E-state index in [0.29, 0.717) is 0 Å². The highest BCUT2D eigenvalue weighted by molar-refractivity contribution is 7.10. The predicted molar refractivity (Wildman–Crippen MR) is 64.8 cm³/mol. The van der Waals surface area contributed by atoms with Crippen molar-refractivity contribution in [3.05, 3.63) is 22.4 Å². The molecule has 0 radical (unpaired) electrons. The average molecular weight is 253 g/mol. The van der Waals surface area contributed by atoms with Crippen molar-refractivity contribution in [1.29, 1.82) is 0 Å². The first kappa shape index (κ1) is 12.1. The molecule has 1 fully saturated rings. The van der Waals surface area contributed by atoms with Crippen molar-refractivity contribution in [3.8, 4) is 0 Å². The summed E-state index contributed by atoms with van der Waals surface area (Å²) in [7, 11) is 0. The Hall–Kier alpha value is -1.36. The van der Waals surface area contributed by atoms with E-state index in [2.05, 4.69) is 0 Å². The van der Waals surface area contributed by atoms with Gasteiger partial charge in [-0.25, -0.2) is 0 Å². The largest absolute Gasteiger partial charge is 0.481 e. The Morgan fingerprint density at radius 1 is 1.59 bits per heavy atom. The molecule has 0 aromatic carbocycles. The van der Waals surface area contributed by atoms with Crippen molar-refractivity contribution in [1.82, 2.24) is 4.90 Å². The second kappa shape index (κ2) is 4.49. The molecule has 92 valence electrons. The molecule has 0 aliphatic carbocycles. The molecule has 1 aliphatic heterocycles. The van der Waals surface area contributed by atoms with Gasteiger partial charge >= 0.3 is 5.97 Å². The minimum absolute atomic E-state index is 0.0268. The lowest BCUT2D eigenvalue weighted by atomic mass is 9.99. The number of thiophene rings is 1. The topological polar surface area (TPSA) is 57.6 Å². The van der Waals surface area contributed by atoms with Gasteiger partial charge in [-0.3, -0.25) is 9.59 Å². The maximum atomic E-state index is 11.9. The molecule has 0 spiro atoms. The first-order valence-corrected chi connectivity index (χ1v) is 6.47. The zero-order chi connectivity index (χ0) is 12.6. The lowest BCUT2D eigenvalue weighted by Crippen LogP contribution is -2.35. The monoisotopic (exact) mass is 253 g/mol. The van der Waals surface area contributed by atoms with E-state index in [1.165, 1.54) is 11.3 Å². The molecule has 0 bridgehead atoms. The van der Waals surface area contributed by atoms with Crippen LogP contribution in [0.5, 0.6) is 0 Å². The number of carbonyl (C=O) groups is 2. The average Bonchev–Trinajstić information content (AvgIpc) is 2.82. The van der Waals surface area contributed by atoms with Crippen LogP contribution in [0.2, 0.25) is 0 Å². The number of aliphatic carboxylic acids is 1. The quantitative estimate of drug-likeness (QED) is 0.897. The van der Waals surface area contributed by atoms with Gasteiger partial charge in [-0.1, -0.05) is 6.07 Å². The van der Waals surface area contributed by atoms with Crippen LogP contribution in [-0.2, 0) is 9.59 Å². The fourth-order valence-corrected chi connectivity index (χ4v) is 3.27. The van der Waals surface area contributed by atoms with Gasteiger partial charge in [0, 0.05) is 17.3 Å². The highest BCUT2D eigenvalue weighted by atomic mass is 32.1. The molecule has 1 aromatic rings. The molecular weight excluding hydrogens is 238 g/mol. The Bertz CT molecular complexity index is 427. The summed E-state index contributed by atoms with van der Waals surface area (Å²) in [5.41, 5.74) is 0. The molecule has 1 saturated heterocycles. The van der Waals surface area contributed by atoms with Crippen molar-refractivity contribution < 1.29 is 14.7 Å². The van der Waals surface area contributed by atoms with Gasteiger partial charge in [-0.05, 0) is 25.3 Å². The SMILES string of the molecule is CC(C)N1C(=O)CC(C(=O)O)C1c1cccs1. The third kappa shape index (κ3) is 2.07. The van der Waals surface area contributed by atoms with E-state index in [1.54, 1.807) is 4.90 Å². The van der Waals surface area contributed by atoms with Gasteiger partial charge in [-0.2, -0.15) is 0 Å². The van der Waals surface area contributed by atoms with Crippen LogP contribution >= 0.6 is 11.3 Å². The zero-order valence-corrected chi connectivity index (χ0v) is 10.6. The first-order chi connectivity index (χ1) is 8.02. The summed E-state index contributed by atoms with van der Waals surface area (Å²) in [5, 5.41) is 11.1. The maximum Gasteiger partial charge on any atom is 0.309 e. The van der Waals surface area contributed by atoms with Gasteiger partial charge in [-0.15, -0.1) is 11.3 Å². The molecule has 1 aromatic heterocycles. The molecule has 0 saturated carbocycles. The fraction of sp³-hybridized carbons (Fsp3) is 0.500. The number of likely N-dealkylation sites (tertiary alicyclic amines) is 1. The van der Waals surface area contributed by atoms with Gasteiger partial charge in [0.15, 0.2) is 0 Å². The molecule has 4 nitrogen and oxygen atoms in total. The third-order valence-corrected chi connectivity index (χ3v) is 4.01. The smallest absolute Gasteiger partial charge is 0.309 e.